The normalized spacial score (nSPS) is 17.1. The Bertz CT molecular complexity index is 1080. The van der Waals surface area contributed by atoms with Crippen LogP contribution in [-0.4, -0.2) is 41.0 Å². The Morgan fingerprint density at radius 1 is 1.10 bits per heavy atom. The number of sulfonamides is 1. The van der Waals surface area contributed by atoms with Crippen LogP contribution in [0.4, 0.5) is 5.69 Å². The Balaban J connectivity index is 1.98. The van der Waals surface area contributed by atoms with Gasteiger partial charge < -0.3 is 4.90 Å². The molecule has 0 bridgehead atoms. The van der Waals surface area contributed by atoms with Gasteiger partial charge in [0, 0.05) is 36.1 Å². The van der Waals surface area contributed by atoms with Gasteiger partial charge in [-0.2, -0.15) is 0 Å². The third kappa shape index (κ3) is 4.06. The molecule has 8 nitrogen and oxygen atoms in total. The van der Waals surface area contributed by atoms with Gasteiger partial charge in [-0.05, 0) is 37.1 Å². The molecule has 0 fully saturated rings. The molecule has 0 spiro atoms. The zero-order chi connectivity index (χ0) is 22.1. The van der Waals surface area contributed by atoms with Gasteiger partial charge in [0.25, 0.3) is 21.6 Å². The maximum absolute atomic E-state index is 13.3. The van der Waals surface area contributed by atoms with E-state index >= 15 is 0 Å². The third-order valence-electron chi connectivity index (χ3n) is 5.09. The monoisotopic (exact) mass is 429 g/mol. The molecule has 2 aromatic rings. The fourth-order valence-corrected chi connectivity index (χ4v) is 5.04. The molecule has 0 saturated carbocycles. The molecule has 2 aromatic carbocycles. The summed E-state index contributed by atoms with van der Waals surface area (Å²) in [7, 11) is -3.95. The van der Waals surface area contributed by atoms with Crippen molar-refractivity contribution in [2.24, 2.45) is 5.92 Å². The lowest BCUT2D eigenvalue weighted by Crippen LogP contribution is -2.52. The number of hydrogen-bond donors (Lipinski definition) is 0. The van der Waals surface area contributed by atoms with Crippen molar-refractivity contribution in [2.75, 3.05) is 6.54 Å². The second kappa shape index (κ2) is 8.27. The van der Waals surface area contributed by atoms with Crippen LogP contribution in [0.15, 0.2) is 71.4 Å². The number of allylic oxidation sites excluding steroid dienone is 1. The summed E-state index contributed by atoms with van der Waals surface area (Å²) in [6.45, 7) is 5.68. The van der Waals surface area contributed by atoms with Gasteiger partial charge in [-0.3, -0.25) is 19.2 Å². The van der Waals surface area contributed by atoms with Gasteiger partial charge in [-0.15, -0.1) is 0 Å². The van der Waals surface area contributed by atoms with Crippen molar-refractivity contribution < 1.29 is 18.1 Å². The molecule has 0 radical (unpaired) electrons. The molecule has 1 aliphatic heterocycles. The van der Waals surface area contributed by atoms with Gasteiger partial charge in [0.2, 0.25) is 0 Å². The van der Waals surface area contributed by atoms with Crippen molar-refractivity contribution in [3.63, 3.8) is 0 Å². The molecular formula is C21H23N3O5S. The van der Waals surface area contributed by atoms with Crippen LogP contribution in [0.25, 0.3) is 0 Å². The van der Waals surface area contributed by atoms with E-state index in [9.17, 15) is 23.3 Å². The average molecular weight is 429 g/mol. The van der Waals surface area contributed by atoms with Crippen LogP contribution in [-0.2, 0) is 10.0 Å². The lowest BCUT2D eigenvalue weighted by Gasteiger charge is -2.41. The number of nitrogens with zero attached hydrogens (tertiary/aromatic N) is 3. The number of non-ortho nitro benzene ring substituents is 1. The lowest BCUT2D eigenvalue weighted by atomic mass is 10.0. The Morgan fingerprint density at radius 2 is 1.70 bits per heavy atom. The van der Waals surface area contributed by atoms with E-state index in [4.69, 9.17) is 0 Å². The first-order valence-electron chi connectivity index (χ1n) is 9.46. The Kier molecular flexibility index (Phi) is 5.93. The maximum Gasteiger partial charge on any atom is 0.269 e. The Morgan fingerprint density at radius 3 is 2.23 bits per heavy atom. The molecule has 0 aliphatic carbocycles. The van der Waals surface area contributed by atoms with Crippen molar-refractivity contribution in [3.05, 3.63) is 82.2 Å². The zero-order valence-corrected chi connectivity index (χ0v) is 17.7. The van der Waals surface area contributed by atoms with Crippen LogP contribution in [0, 0.1) is 16.0 Å². The van der Waals surface area contributed by atoms with Crippen LogP contribution in [0.1, 0.15) is 31.1 Å². The third-order valence-corrected chi connectivity index (χ3v) is 6.89. The number of hydrogen-bond acceptors (Lipinski definition) is 5. The van der Waals surface area contributed by atoms with E-state index in [0.717, 1.165) is 0 Å². The Labute approximate surface area is 175 Å². The fourth-order valence-electron chi connectivity index (χ4n) is 3.35. The molecule has 1 amide bonds. The average Bonchev–Trinajstić information content (AvgIpc) is 2.73. The van der Waals surface area contributed by atoms with Crippen LogP contribution < -0.4 is 0 Å². The molecule has 0 N–H and O–H groups in total. The molecule has 30 heavy (non-hydrogen) atoms. The van der Waals surface area contributed by atoms with E-state index in [1.165, 1.54) is 34.8 Å². The fraction of sp³-hybridized carbons (Fsp3) is 0.286. The highest BCUT2D eigenvalue weighted by molar-refractivity contribution is 7.89. The number of rotatable bonds is 5. The molecule has 158 valence electrons. The molecule has 3 rings (SSSR count). The largest absolute Gasteiger partial charge is 0.309 e. The summed E-state index contributed by atoms with van der Waals surface area (Å²) >= 11 is 0. The molecular weight excluding hydrogens is 406 g/mol. The highest BCUT2D eigenvalue weighted by Gasteiger charge is 2.37. The zero-order valence-electron chi connectivity index (χ0n) is 16.9. The minimum atomic E-state index is -3.95. The summed E-state index contributed by atoms with van der Waals surface area (Å²) in [6, 6.07) is 13.1. The van der Waals surface area contributed by atoms with Gasteiger partial charge in [-0.25, -0.2) is 8.42 Å². The van der Waals surface area contributed by atoms with E-state index in [1.54, 1.807) is 36.1 Å². The van der Waals surface area contributed by atoms with E-state index in [0.29, 0.717) is 11.3 Å². The van der Waals surface area contributed by atoms with Gasteiger partial charge >= 0.3 is 0 Å². The summed E-state index contributed by atoms with van der Waals surface area (Å²) < 4.78 is 27.8. The van der Waals surface area contributed by atoms with Crippen LogP contribution in [0.3, 0.4) is 0 Å². The SMILES string of the molecule is CC1=CN(S(=O)(=O)c2ccc([N+](=O)[O-])cc2)[C@@H](C(C)C)CN1C(=O)c1ccccc1. The minimum Gasteiger partial charge on any atom is -0.309 e. The molecule has 9 heteroatoms. The quantitative estimate of drug-likeness (QED) is 0.534. The smallest absolute Gasteiger partial charge is 0.269 e. The molecule has 1 atom stereocenters. The van der Waals surface area contributed by atoms with Gasteiger partial charge in [0.05, 0.1) is 15.9 Å². The highest BCUT2D eigenvalue weighted by Crippen LogP contribution is 2.30. The van der Waals surface area contributed by atoms with Crippen LogP contribution in [0.5, 0.6) is 0 Å². The highest BCUT2D eigenvalue weighted by atomic mass is 32.2. The predicted octanol–water partition coefficient (Wildman–Crippen LogP) is 3.63. The standard InChI is InChI=1S/C21H23N3O5S/c1-15(2)20-14-22(21(25)17-7-5-4-6-8-17)16(3)13-23(20)30(28,29)19-11-9-18(10-12-19)24(26)27/h4-13,15,20H,14H2,1-3H3/t20-/m1/s1. The van der Waals surface area contributed by atoms with Gasteiger partial charge in [0.15, 0.2) is 0 Å². The van der Waals surface area contributed by atoms with Crippen molar-refractivity contribution >= 4 is 21.6 Å². The van der Waals surface area contributed by atoms with Crippen molar-refractivity contribution in [1.29, 1.82) is 0 Å². The summed E-state index contributed by atoms with van der Waals surface area (Å²) in [4.78, 5) is 24.8. The lowest BCUT2D eigenvalue weighted by molar-refractivity contribution is -0.384. The number of carbonyl (C=O) groups is 1. The summed E-state index contributed by atoms with van der Waals surface area (Å²) in [6.07, 6.45) is 1.46. The maximum atomic E-state index is 13.3. The van der Waals surface area contributed by atoms with E-state index in [2.05, 4.69) is 0 Å². The van der Waals surface area contributed by atoms with E-state index in [1.807, 2.05) is 19.9 Å². The number of amides is 1. The summed E-state index contributed by atoms with van der Waals surface area (Å²) in [5.41, 5.74) is 0.852. The van der Waals surface area contributed by atoms with Crippen molar-refractivity contribution in [3.8, 4) is 0 Å². The van der Waals surface area contributed by atoms with E-state index < -0.39 is 21.0 Å². The number of nitro groups is 1. The molecule has 0 unspecified atom stereocenters. The molecule has 1 heterocycles. The van der Waals surface area contributed by atoms with Crippen LogP contribution >= 0.6 is 0 Å². The van der Waals surface area contributed by atoms with Crippen molar-refractivity contribution in [2.45, 2.75) is 31.7 Å². The predicted molar refractivity (Wildman–Crippen MR) is 112 cm³/mol. The first kappa shape index (κ1) is 21.5. The second-order valence-corrected chi connectivity index (χ2v) is 9.29. The number of benzene rings is 2. The minimum absolute atomic E-state index is 0.0364. The van der Waals surface area contributed by atoms with E-state index in [-0.39, 0.29) is 29.0 Å². The van der Waals surface area contributed by atoms with Crippen molar-refractivity contribution in [1.82, 2.24) is 9.21 Å². The molecule has 1 aliphatic rings. The summed E-state index contributed by atoms with van der Waals surface area (Å²) in [5, 5.41) is 10.9. The van der Waals surface area contributed by atoms with Gasteiger partial charge in [-0.1, -0.05) is 32.0 Å². The molecule has 0 aromatic heterocycles. The number of nitro benzene ring substituents is 1. The second-order valence-electron chi connectivity index (χ2n) is 7.45. The van der Waals surface area contributed by atoms with Crippen LogP contribution in [0.2, 0.25) is 0 Å². The summed E-state index contributed by atoms with van der Waals surface area (Å²) in [5.74, 6) is -0.268. The molecule has 0 saturated heterocycles. The van der Waals surface area contributed by atoms with Gasteiger partial charge in [0.1, 0.15) is 0 Å². The Hall–Kier alpha value is -3.20. The topological polar surface area (TPSA) is 101 Å². The number of carbonyl (C=O) groups excluding carboxylic acids is 1. The first-order chi connectivity index (χ1) is 14.1. The first-order valence-corrected chi connectivity index (χ1v) is 10.9.